The summed E-state index contributed by atoms with van der Waals surface area (Å²) in [5.41, 5.74) is 0. The summed E-state index contributed by atoms with van der Waals surface area (Å²) < 4.78 is 25.8. The van der Waals surface area contributed by atoms with Gasteiger partial charge in [0.1, 0.15) is 0 Å². The molecule has 3 nitrogen and oxygen atoms in total. The van der Waals surface area contributed by atoms with Gasteiger partial charge in [-0.15, -0.1) is 0 Å². The molecule has 0 atom stereocenters. The third-order valence-electron chi connectivity index (χ3n) is 0. The fourth-order valence-electron chi connectivity index (χ4n) is 0. The van der Waals surface area contributed by atoms with E-state index in [9.17, 15) is 0 Å². The monoisotopic (exact) mass is 207 g/mol. The Morgan fingerprint density at radius 1 is 1.00 bits per heavy atom. The summed E-state index contributed by atoms with van der Waals surface area (Å²) in [5.74, 6) is 0. The van der Waals surface area contributed by atoms with Crippen LogP contribution in [0.1, 0.15) is 0 Å². The number of hydrogen-bond donors (Lipinski definition) is 0. The molecule has 0 heterocycles. The zero-order valence-electron chi connectivity index (χ0n) is 1.56. The molecule has 0 aliphatic carbocycles. The maximum absolute atomic E-state index is 8.58. The zero-order chi connectivity index (χ0) is 3.58. The Morgan fingerprint density at radius 3 is 1.00 bits per heavy atom. The summed E-state index contributed by atoms with van der Waals surface area (Å²) in [6, 6.07) is 0. The molecular weight excluding hydrogens is 207 g/mol. The molecule has 0 saturated heterocycles. The maximum atomic E-state index is 8.58. The van der Waals surface area contributed by atoms with Crippen molar-refractivity contribution in [2.24, 2.45) is 0 Å². The van der Waals surface area contributed by atoms with Gasteiger partial charge in [0.25, 0.3) is 0 Å². The van der Waals surface area contributed by atoms with Gasteiger partial charge < -0.3 is 0 Å². The molecule has 4 heteroatoms. The zero-order valence-corrected chi connectivity index (χ0v) is 3.70. The van der Waals surface area contributed by atoms with Crippen LogP contribution in [0.15, 0.2) is 0 Å². The number of rotatable bonds is 0. The van der Waals surface area contributed by atoms with E-state index in [0.717, 1.165) is 0 Å². The van der Waals surface area contributed by atoms with E-state index in [1.807, 2.05) is 0 Å². The molecular formula is O3Tb. The predicted molar refractivity (Wildman–Crippen MR) is 2.06 cm³/mol. The minimum absolute atomic E-state index is 4.08. The molecule has 27 valence electrons. The third-order valence-corrected chi connectivity index (χ3v) is 0. The van der Waals surface area contributed by atoms with Gasteiger partial charge in [-0.3, -0.25) is 0 Å². The summed E-state index contributed by atoms with van der Waals surface area (Å²) in [4.78, 5) is 0. The predicted octanol–water partition coefficient (Wildman–Crippen LogP) is -0.356. The van der Waals surface area contributed by atoms with Crippen LogP contribution in [0, 0.1) is 33.0 Å². The molecule has 0 rings (SSSR count). The van der Waals surface area contributed by atoms with Crippen molar-refractivity contribution in [1.29, 1.82) is 0 Å². The van der Waals surface area contributed by atoms with Crippen LogP contribution < -0.4 is 0 Å². The van der Waals surface area contributed by atoms with Crippen LogP contribution in [-0.4, -0.2) is 0 Å². The van der Waals surface area contributed by atoms with Gasteiger partial charge in [0, 0.05) is 0 Å². The van der Waals surface area contributed by atoms with Gasteiger partial charge in [0.2, 0.25) is 0 Å². The van der Waals surface area contributed by atoms with Crippen LogP contribution >= 0.6 is 0 Å². The van der Waals surface area contributed by atoms with Crippen molar-refractivity contribution >= 4 is 0 Å². The quantitative estimate of drug-likeness (QED) is 0.545. The number of hydrogen-bond acceptors (Lipinski definition) is 3. The van der Waals surface area contributed by atoms with Crippen molar-refractivity contribution in [2.75, 3.05) is 0 Å². The fourth-order valence-corrected chi connectivity index (χ4v) is 0. The third kappa shape index (κ3) is 16.2. The van der Waals surface area contributed by atoms with Gasteiger partial charge in [0.05, 0.1) is 0 Å². The van der Waals surface area contributed by atoms with Gasteiger partial charge in [-0.1, -0.05) is 0 Å². The Kier molecular flexibility index (Phi) is 2.29. The molecule has 0 unspecified atom stereocenters. The molecule has 0 radical (unpaired) electrons. The van der Waals surface area contributed by atoms with E-state index < -0.39 is 33.0 Å². The van der Waals surface area contributed by atoms with Crippen LogP contribution in [0.2, 0.25) is 0 Å². The van der Waals surface area contributed by atoms with Gasteiger partial charge in [0.15, 0.2) is 0 Å². The van der Waals surface area contributed by atoms with Crippen molar-refractivity contribution in [2.45, 2.75) is 0 Å². The Labute approximate surface area is 36.7 Å². The van der Waals surface area contributed by atoms with Crippen molar-refractivity contribution in [3.8, 4) is 0 Å². The summed E-state index contributed by atoms with van der Waals surface area (Å²) in [7, 11) is 0. The summed E-state index contributed by atoms with van der Waals surface area (Å²) >= 11 is -4.08. The molecule has 0 aromatic carbocycles. The molecule has 0 fully saturated rings. The first-order valence-electron chi connectivity index (χ1n) is 0.408. The molecule has 0 aromatic rings. The van der Waals surface area contributed by atoms with Gasteiger partial charge >= 0.3 is 36.9 Å². The first-order valence-corrected chi connectivity index (χ1v) is 3.03. The molecule has 0 aliphatic rings. The SMILES string of the molecule is [O]=[Tb](=[O])=[O]. The van der Waals surface area contributed by atoms with E-state index in [1.54, 1.807) is 0 Å². The summed E-state index contributed by atoms with van der Waals surface area (Å²) in [6.45, 7) is 0. The van der Waals surface area contributed by atoms with E-state index in [-0.39, 0.29) is 0 Å². The molecule has 0 aliphatic heterocycles. The molecule has 0 amide bonds. The van der Waals surface area contributed by atoms with E-state index in [4.69, 9.17) is 3.98 Å². The van der Waals surface area contributed by atoms with Crippen LogP contribution in [0.5, 0.6) is 0 Å². The Morgan fingerprint density at radius 2 is 1.00 bits per heavy atom. The van der Waals surface area contributed by atoms with Gasteiger partial charge in [-0.05, 0) is 0 Å². The normalized spacial score (nSPS) is 8.25. The Bertz CT molecular complexity index is 72.7. The van der Waals surface area contributed by atoms with Crippen molar-refractivity contribution in [1.82, 2.24) is 0 Å². The van der Waals surface area contributed by atoms with E-state index >= 15 is 0 Å². The average molecular weight is 207 g/mol. The van der Waals surface area contributed by atoms with E-state index in [1.165, 1.54) is 0 Å². The van der Waals surface area contributed by atoms with Crippen LogP contribution in [0.3, 0.4) is 0 Å². The molecule has 4 heavy (non-hydrogen) atoms. The second-order valence-electron chi connectivity index (χ2n) is 0.167. The second kappa shape index (κ2) is 1.96. The summed E-state index contributed by atoms with van der Waals surface area (Å²) in [6.07, 6.45) is 0. The molecule has 0 N–H and O–H groups in total. The Balaban J connectivity index is 4.65. The molecule has 0 bridgehead atoms. The minimum atomic E-state index is -4.08. The summed E-state index contributed by atoms with van der Waals surface area (Å²) in [5, 5.41) is 0. The second-order valence-corrected chi connectivity index (χ2v) is 1.24. The van der Waals surface area contributed by atoms with Gasteiger partial charge in [-0.25, -0.2) is 0 Å². The van der Waals surface area contributed by atoms with Crippen LogP contribution in [-0.2, 0) is 3.98 Å². The first-order chi connectivity index (χ1) is 1.73. The van der Waals surface area contributed by atoms with Crippen molar-refractivity contribution in [3.05, 3.63) is 0 Å². The van der Waals surface area contributed by atoms with E-state index in [2.05, 4.69) is 0 Å². The molecule has 0 aromatic heterocycles. The topological polar surface area (TPSA) is 51.2 Å². The van der Waals surface area contributed by atoms with Crippen LogP contribution in [0.4, 0.5) is 0 Å². The van der Waals surface area contributed by atoms with Gasteiger partial charge in [-0.2, -0.15) is 0 Å². The van der Waals surface area contributed by atoms with E-state index in [0.29, 0.717) is 0 Å². The standard InChI is InChI=1S/3O.Tb. The molecule has 0 spiro atoms. The molecule has 0 saturated carbocycles. The Hall–Kier alpha value is 0.686. The van der Waals surface area contributed by atoms with Crippen molar-refractivity contribution in [3.63, 3.8) is 0 Å². The fraction of sp³-hybridized carbons (Fsp3) is 0. The average Bonchev–Trinajstić information content (AvgIpc) is 0.811. The van der Waals surface area contributed by atoms with Crippen LogP contribution in [0.25, 0.3) is 0 Å². The first kappa shape index (κ1) is 4.69. The van der Waals surface area contributed by atoms with Crippen molar-refractivity contribution < 1.29 is 36.9 Å².